The van der Waals surface area contributed by atoms with E-state index in [1.54, 1.807) is 32.6 Å². The van der Waals surface area contributed by atoms with Gasteiger partial charge in [0.25, 0.3) is 5.91 Å². The van der Waals surface area contributed by atoms with Crippen LogP contribution in [0.15, 0.2) is 30.3 Å². The number of carboxylic acid groups (broad SMARTS) is 2. The van der Waals surface area contributed by atoms with Crippen LogP contribution in [0.25, 0.3) is 0 Å². The van der Waals surface area contributed by atoms with Crippen molar-refractivity contribution < 1.29 is 116 Å². The van der Waals surface area contributed by atoms with Crippen molar-refractivity contribution in [2.75, 3.05) is 232 Å². The van der Waals surface area contributed by atoms with Gasteiger partial charge < -0.3 is 104 Å². The molecule has 1 aromatic carbocycles. The minimum Gasteiger partial charge on any atom is -0.481 e. The summed E-state index contributed by atoms with van der Waals surface area (Å²) in [7, 11) is 20.1. The molecule has 0 aliphatic rings. The Bertz CT molecular complexity index is 2500. The maximum Gasteiger partial charge on any atom is 0.373 e. The highest BCUT2D eigenvalue weighted by Gasteiger charge is 2.30. The summed E-state index contributed by atoms with van der Waals surface area (Å²) >= 11 is 2.91. The first-order valence-electron chi connectivity index (χ1n) is 41.9. The Morgan fingerprint density at radius 1 is 0.397 bits per heavy atom. The van der Waals surface area contributed by atoms with Crippen LogP contribution in [0.2, 0.25) is 0 Å². The molecule has 0 radical (unpaired) electrons. The number of aliphatic hydroxyl groups is 3. The summed E-state index contributed by atoms with van der Waals surface area (Å²) < 4.78 is 34.1. The van der Waals surface area contributed by atoms with E-state index in [1.165, 1.54) is 57.0 Å². The summed E-state index contributed by atoms with van der Waals surface area (Å²) in [5.74, 6) is -1.80. The van der Waals surface area contributed by atoms with Gasteiger partial charge in [0.15, 0.2) is 0 Å². The number of nitrogens with one attached hydrogen (secondary N) is 3. The normalized spacial score (nSPS) is 10.3. The van der Waals surface area contributed by atoms with Crippen molar-refractivity contribution in [1.82, 2.24) is 45.3 Å². The van der Waals surface area contributed by atoms with E-state index in [4.69, 9.17) is 58.1 Å². The number of benzene rings is 1. The van der Waals surface area contributed by atoms with Crippen LogP contribution >= 0.6 is 23.5 Å². The zero-order valence-electron chi connectivity index (χ0n) is 78.3. The monoisotopic (exact) mass is 1860 g/mol. The summed E-state index contributed by atoms with van der Waals surface area (Å²) in [6, 6.07) is 9.36. The standard InChI is InChI=1S/2C19H35NO7S.C11H15NO.C9H19NO3.2C7H15NO2.3C4H11N.CO2.6CH4/c2*1-6-9-20(4)10-7-16(22)26-12-15(21)13-27-17(23)8-11-28-14-19(2,3)18(24)25-5;1-3-9-12(2)11(13)10-7-5-4-6-8-10;1-3-5-10(2)6-4-9(12)13-8-7-11;2*1-3-5-8(2)6-4-7(9)10;3*1-3-4-5-2;2-1-3;;;;;;/h2*15,21H,6-14H2,1-5H3;4-8H,3,9H2,1-2H3;11H,3-8H2,1-2H3;2*3-6H2,1-2H3,(H,9,10);3*5H,3-4H2,1-2H3;;6*1H4. The SMILES string of the molecule is C.C.C.C.C.C.CCCN(C)C(=O)c1ccccc1.CCCN(C)CCC(=O)O.CCCN(C)CCC(=O)O.CCCN(C)CCC(=O)OCC(O)COC(=O)CCSCC(C)(C)C(=O)OC.CCCN(C)CCC(=O)OCC(O)COC(=O)CCSCC(C)(C)C(=O)OC.CCCN(C)CCC(=O)OCCO.CCCNC.CCCNC.CCCNC.O=C=O. The van der Waals surface area contributed by atoms with E-state index >= 15 is 0 Å². The number of methoxy groups -OCH3 is 2. The largest absolute Gasteiger partial charge is 0.481 e. The molecule has 1 amide bonds. The summed E-state index contributed by atoms with van der Waals surface area (Å²) in [5.41, 5.74) is -0.470. The number of aliphatic hydroxyl groups excluding tert-OH is 3. The summed E-state index contributed by atoms with van der Waals surface area (Å²) in [5, 5.41) is 53.6. The second-order valence-electron chi connectivity index (χ2n) is 28.9. The maximum absolute atomic E-state index is 11.7. The van der Waals surface area contributed by atoms with Gasteiger partial charge in [-0.2, -0.15) is 33.1 Å². The van der Waals surface area contributed by atoms with E-state index in [0.717, 1.165) is 110 Å². The average molecular weight is 1860 g/mol. The Kier molecular flexibility index (Phi) is 138. The van der Waals surface area contributed by atoms with Crippen molar-refractivity contribution in [2.24, 2.45) is 10.8 Å². The number of carboxylic acids is 2. The number of esters is 7. The Labute approximate surface area is 775 Å². The lowest BCUT2D eigenvalue weighted by molar-refractivity contribution is -0.192. The van der Waals surface area contributed by atoms with Crippen molar-refractivity contribution in [3.05, 3.63) is 35.9 Å². The molecule has 126 heavy (non-hydrogen) atoms. The second-order valence-corrected chi connectivity index (χ2v) is 31.1. The van der Waals surface area contributed by atoms with E-state index in [-0.39, 0.29) is 153 Å². The van der Waals surface area contributed by atoms with Crippen molar-refractivity contribution >= 4 is 89.3 Å². The number of carbonyl (C=O) groups is 10. The van der Waals surface area contributed by atoms with E-state index in [9.17, 15) is 58.2 Å². The quantitative estimate of drug-likeness (QED) is 0.0171. The first-order chi connectivity index (χ1) is 56.7. The predicted molar refractivity (Wildman–Crippen MR) is 518 cm³/mol. The summed E-state index contributed by atoms with van der Waals surface area (Å²) in [6.45, 7) is 37.4. The first kappa shape index (κ1) is 154. The van der Waals surface area contributed by atoms with Crippen LogP contribution in [-0.2, 0) is 85.9 Å². The van der Waals surface area contributed by atoms with Crippen LogP contribution in [0.5, 0.6) is 0 Å². The molecule has 35 heteroatoms. The molecule has 756 valence electrons. The molecule has 0 saturated carbocycles. The molecule has 33 nitrogen and oxygen atoms in total. The zero-order valence-corrected chi connectivity index (χ0v) is 80.0. The molecule has 8 N–H and O–H groups in total. The van der Waals surface area contributed by atoms with Crippen molar-refractivity contribution in [3.63, 3.8) is 0 Å². The van der Waals surface area contributed by atoms with Crippen LogP contribution in [0.3, 0.4) is 0 Å². The fourth-order valence-electron chi connectivity index (χ4n) is 8.88. The van der Waals surface area contributed by atoms with E-state index in [1.807, 2.05) is 113 Å². The van der Waals surface area contributed by atoms with Gasteiger partial charge in [0.1, 0.15) is 45.2 Å². The molecule has 0 saturated heterocycles. The number of ether oxygens (including phenoxy) is 7. The van der Waals surface area contributed by atoms with Crippen LogP contribution in [0, 0.1) is 10.8 Å². The fraction of sp³-hybridized carbons (Fsp3) is 0.813. The Morgan fingerprint density at radius 2 is 0.643 bits per heavy atom. The zero-order chi connectivity index (χ0) is 94.0. The number of hydrogen-bond acceptors (Lipinski definition) is 32. The molecule has 0 spiro atoms. The average Bonchev–Trinajstić information content (AvgIpc) is 0.903. The number of rotatable bonds is 56. The third-order valence-corrected chi connectivity index (χ3v) is 18.2. The fourth-order valence-corrected chi connectivity index (χ4v) is 11.1. The van der Waals surface area contributed by atoms with E-state index in [2.05, 4.69) is 83.2 Å². The van der Waals surface area contributed by atoms with Gasteiger partial charge in [0, 0.05) is 74.9 Å². The molecule has 0 heterocycles. The molecule has 0 bridgehead atoms. The molecule has 1 rings (SSSR count). The molecular formula is C91H191N9O24S2. The molecule has 0 aliphatic carbocycles. The van der Waals surface area contributed by atoms with Crippen molar-refractivity contribution in [1.29, 1.82) is 0 Å². The van der Waals surface area contributed by atoms with Gasteiger partial charge in [-0.1, -0.05) is 125 Å². The molecule has 2 unspecified atom stereocenters. The Morgan fingerprint density at radius 3 is 0.857 bits per heavy atom. The minimum absolute atomic E-state index is 0. The molecule has 1 aromatic rings. The summed E-state index contributed by atoms with van der Waals surface area (Å²) in [4.78, 5) is 141. The highest BCUT2D eigenvalue weighted by atomic mass is 32.2. The van der Waals surface area contributed by atoms with Gasteiger partial charge >= 0.3 is 59.9 Å². The first-order valence-corrected chi connectivity index (χ1v) is 44.2. The number of thioether (sulfide) groups is 2. The van der Waals surface area contributed by atoms with E-state index < -0.39 is 58.9 Å². The van der Waals surface area contributed by atoms with Crippen molar-refractivity contribution in [2.45, 2.75) is 250 Å². The minimum atomic E-state index is -1.05. The van der Waals surface area contributed by atoms with Crippen LogP contribution in [0.1, 0.15) is 248 Å². The van der Waals surface area contributed by atoms with Crippen LogP contribution < -0.4 is 16.0 Å². The number of aliphatic carboxylic acids is 2. The predicted octanol–water partition coefficient (Wildman–Crippen LogP) is 12.1. The van der Waals surface area contributed by atoms with Gasteiger partial charge in [0.05, 0.1) is 76.6 Å². The Hall–Kier alpha value is -6.44. The number of nitrogens with zero attached hydrogens (tertiary/aromatic N) is 6. The highest BCUT2D eigenvalue weighted by molar-refractivity contribution is 7.99. The topological polar surface area (TPSA) is 426 Å². The maximum atomic E-state index is 11.7. The van der Waals surface area contributed by atoms with Gasteiger partial charge in [-0.25, -0.2) is 0 Å². The molecule has 2 atom stereocenters. The third-order valence-electron chi connectivity index (χ3n) is 15.4. The highest BCUT2D eigenvalue weighted by Crippen LogP contribution is 2.25. The number of amides is 1. The van der Waals surface area contributed by atoms with E-state index in [0.29, 0.717) is 55.6 Å². The smallest absolute Gasteiger partial charge is 0.373 e. The number of hydrogen-bond donors (Lipinski definition) is 8. The molecule has 0 aliphatic heterocycles. The van der Waals surface area contributed by atoms with Gasteiger partial charge in [0.2, 0.25) is 0 Å². The lowest BCUT2D eigenvalue weighted by Crippen LogP contribution is -2.28. The van der Waals surface area contributed by atoms with Gasteiger partial charge in [-0.15, -0.1) is 0 Å². The van der Waals surface area contributed by atoms with Gasteiger partial charge in [-0.05, 0) is 206 Å². The van der Waals surface area contributed by atoms with Crippen molar-refractivity contribution in [3.8, 4) is 0 Å². The lowest BCUT2D eigenvalue weighted by atomic mass is 9.97. The molecule has 0 aromatic heterocycles. The second kappa shape index (κ2) is 113. The van der Waals surface area contributed by atoms with Crippen LogP contribution in [0.4, 0.5) is 0 Å². The third kappa shape index (κ3) is 122. The molecular weight excluding hydrogens is 1670 g/mol. The number of carbonyl (C=O) groups excluding carboxylic acids is 10. The summed E-state index contributed by atoms with van der Waals surface area (Å²) in [6.07, 6.45) is 9.84. The van der Waals surface area contributed by atoms with Gasteiger partial charge in [-0.3, -0.25) is 47.9 Å². The van der Waals surface area contributed by atoms with Crippen LogP contribution in [-0.4, -0.2) is 365 Å². The Balaban J connectivity index is -0.0000000890. The lowest BCUT2D eigenvalue weighted by Gasteiger charge is -2.20. The molecule has 0 fully saturated rings.